The Bertz CT molecular complexity index is 362. The van der Waals surface area contributed by atoms with Crippen molar-refractivity contribution in [2.75, 3.05) is 19.6 Å². The number of hydrogen-bond acceptors (Lipinski definition) is 2. The van der Waals surface area contributed by atoms with Crippen LogP contribution >= 0.6 is 0 Å². The molecule has 0 saturated carbocycles. The Kier molecular flexibility index (Phi) is 4.19. The number of rotatable bonds is 4. The predicted molar refractivity (Wildman–Crippen MR) is 72.9 cm³/mol. The summed E-state index contributed by atoms with van der Waals surface area (Å²) < 4.78 is 0. The molecule has 1 heterocycles. The second-order valence-corrected chi connectivity index (χ2v) is 5.18. The molecule has 1 aliphatic rings. The van der Waals surface area contributed by atoms with Crippen LogP contribution in [0.15, 0.2) is 24.3 Å². The normalized spacial score (nSPS) is 25.4. The van der Waals surface area contributed by atoms with Gasteiger partial charge < -0.3 is 5.73 Å². The number of likely N-dealkylation sites (tertiary alicyclic amines) is 1. The molecule has 1 fully saturated rings. The maximum atomic E-state index is 5.93. The van der Waals surface area contributed by atoms with Gasteiger partial charge in [0.05, 0.1) is 0 Å². The molecule has 1 saturated heterocycles. The van der Waals surface area contributed by atoms with E-state index in [2.05, 4.69) is 43.0 Å². The lowest BCUT2D eigenvalue weighted by molar-refractivity contribution is 0.230. The topological polar surface area (TPSA) is 29.3 Å². The third-order valence-electron chi connectivity index (χ3n) is 3.82. The van der Waals surface area contributed by atoms with E-state index in [1.54, 1.807) is 0 Å². The summed E-state index contributed by atoms with van der Waals surface area (Å²) in [6.45, 7) is 7.62. The Labute approximate surface area is 105 Å². The first kappa shape index (κ1) is 12.6. The molecule has 0 amide bonds. The Hall–Kier alpha value is -0.860. The van der Waals surface area contributed by atoms with E-state index in [4.69, 9.17) is 5.73 Å². The SMILES string of the molecule is CCCN1CCC(CN)C1c1cccc(C)c1. The van der Waals surface area contributed by atoms with Crippen molar-refractivity contribution in [2.45, 2.75) is 32.7 Å². The van der Waals surface area contributed by atoms with Crippen LogP contribution in [0, 0.1) is 12.8 Å². The van der Waals surface area contributed by atoms with Gasteiger partial charge in [-0.1, -0.05) is 36.8 Å². The minimum Gasteiger partial charge on any atom is -0.330 e. The van der Waals surface area contributed by atoms with Gasteiger partial charge in [0.1, 0.15) is 0 Å². The predicted octanol–water partition coefficient (Wildman–Crippen LogP) is 2.73. The summed E-state index contributed by atoms with van der Waals surface area (Å²) in [6.07, 6.45) is 2.47. The van der Waals surface area contributed by atoms with E-state index in [9.17, 15) is 0 Å². The average Bonchev–Trinajstić information content (AvgIpc) is 2.72. The van der Waals surface area contributed by atoms with E-state index in [1.807, 2.05) is 0 Å². The number of aryl methyl sites for hydroxylation is 1. The lowest BCUT2D eigenvalue weighted by Gasteiger charge is -2.28. The zero-order chi connectivity index (χ0) is 12.3. The Balaban J connectivity index is 2.24. The van der Waals surface area contributed by atoms with Gasteiger partial charge in [-0.05, 0) is 50.9 Å². The fraction of sp³-hybridized carbons (Fsp3) is 0.600. The molecular weight excluding hydrogens is 208 g/mol. The zero-order valence-electron chi connectivity index (χ0n) is 11.0. The summed E-state index contributed by atoms with van der Waals surface area (Å²) in [5, 5.41) is 0. The molecule has 0 radical (unpaired) electrons. The molecule has 0 aliphatic carbocycles. The summed E-state index contributed by atoms with van der Waals surface area (Å²) in [4.78, 5) is 2.60. The molecule has 94 valence electrons. The fourth-order valence-corrected chi connectivity index (χ4v) is 3.05. The number of hydrogen-bond donors (Lipinski definition) is 1. The van der Waals surface area contributed by atoms with E-state index in [1.165, 1.54) is 37.1 Å². The van der Waals surface area contributed by atoms with Crippen LogP contribution in [0.2, 0.25) is 0 Å². The fourth-order valence-electron chi connectivity index (χ4n) is 3.05. The third kappa shape index (κ3) is 2.70. The van der Waals surface area contributed by atoms with Crippen molar-refractivity contribution < 1.29 is 0 Å². The Morgan fingerprint density at radius 1 is 1.41 bits per heavy atom. The van der Waals surface area contributed by atoms with Crippen molar-refractivity contribution >= 4 is 0 Å². The van der Waals surface area contributed by atoms with Crippen LogP contribution in [0.5, 0.6) is 0 Å². The standard InChI is InChI=1S/C15H24N2/c1-3-8-17-9-7-14(11-16)15(17)13-6-4-5-12(2)10-13/h4-6,10,14-15H,3,7-9,11,16H2,1-2H3. The maximum Gasteiger partial charge on any atom is 0.0388 e. The Morgan fingerprint density at radius 2 is 2.24 bits per heavy atom. The van der Waals surface area contributed by atoms with Crippen LogP contribution in [0.4, 0.5) is 0 Å². The van der Waals surface area contributed by atoms with Crippen molar-refractivity contribution in [1.82, 2.24) is 4.90 Å². The first-order chi connectivity index (χ1) is 8.26. The summed E-state index contributed by atoms with van der Waals surface area (Å²) in [5.41, 5.74) is 8.73. The number of nitrogens with two attached hydrogens (primary N) is 1. The van der Waals surface area contributed by atoms with E-state index in [0.29, 0.717) is 12.0 Å². The van der Waals surface area contributed by atoms with Crippen LogP contribution < -0.4 is 5.73 Å². The summed E-state index contributed by atoms with van der Waals surface area (Å²) in [5.74, 6) is 0.628. The highest BCUT2D eigenvalue weighted by molar-refractivity contribution is 5.26. The Morgan fingerprint density at radius 3 is 2.88 bits per heavy atom. The molecule has 1 aromatic rings. The highest BCUT2D eigenvalue weighted by Crippen LogP contribution is 2.36. The van der Waals surface area contributed by atoms with Gasteiger partial charge in [0.25, 0.3) is 0 Å². The van der Waals surface area contributed by atoms with E-state index in [0.717, 1.165) is 6.54 Å². The monoisotopic (exact) mass is 232 g/mol. The lowest BCUT2D eigenvalue weighted by Crippen LogP contribution is -2.28. The molecule has 17 heavy (non-hydrogen) atoms. The third-order valence-corrected chi connectivity index (χ3v) is 3.82. The molecule has 0 spiro atoms. The summed E-state index contributed by atoms with van der Waals surface area (Å²) >= 11 is 0. The second kappa shape index (κ2) is 5.65. The quantitative estimate of drug-likeness (QED) is 0.865. The molecule has 2 N–H and O–H groups in total. The molecule has 2 rings (SSSR count). The molecule has 1 aliphatic heterocycles. The minimum absolute atomic E-state index is 0.542. The van der Waals surface area contributed by atoms with Crippen LogP contribution in [-0.4, -0.2) is 24.5 Å². The molecule has 2 nitrogen and oxygen atoms in total. The number of nitrogens with zero attached hydrogens (tertiary/aromatic N) is 1. The summed E-state index contributed by atoms with van der Waals surface area (Å²) in [7, 11) is 0. The van der Waals surface area contributed by atoms with Gasteiger partial charge in [-0.2, -0.15) is 0 Å². The van der Waals surface area contributed by atoms with Crippen molar-refractivity contribution in [2.24, 2.45) is 11.7 Å². The minimum atomic E-state index is 0.542. The highest BCUT2D eigenvalue weighted by atomic mass is 15.2. The lowest BCUT2D eigenvalue weighted by atomic mass is 9.93. The van der Waals surface area contributed by atoms with Crippen LogP contribution in [0.25, 0.3) is 0 Å². The molecule has 1 aromatic carbocycles. The molecular formula is C15H24N2. The van der Waals surface area contributed by atoms with Gasteiger partial charge in [-0.15, -0.1) is 0 Å². The highest BCUT2D eigenvalue weighted by Gasteiger charge is 2.33. The van der Waals surface area contributed by atoms with E-state index >= 15 is 0 Å². The molecule has 0 bridgehead atoms. The molecule has 2 heteroatoms. The van der Waals surface area contributed by atoms with E-state index < -0.39 is 0 Å². The smallest absolute Gasteiger partial charge is 0.0388 e. The van der Waals surface area contributed by atoms with Crippen LogP contribution in [0.3, 0.4) is 0 Å². The van der Waals surface area contributed by atoms with E-state index in [-0.39, 0.29) is 0 Å². The van der Waals surface area contributed by atoms with Crippen molar-refractivity contribution in [1.29, 1.82) is 0 Å². The largest absolute Gasteiger partial charge is 0.330 e. The van der Waals surface area contributed by atoms with Gasteiger partial charge in [0.2, 0.25) is 0 Å². The first-order valence-corrected chi connectivity index (χ1v) is 6.77. The van der Waals surface area contributed by atoms with Gasteiger partial charge in [0.15, 0.2) is 0 Å². The van der Waals surface area contributed by atoms with Gasteiger partial charge in [-0.25, -0.2) is 0 Å². The number of benzene rings is 1. The van der Waals surface area contributed by atoms with Crippen molar-refractivity contribution in [3.8, 4) is 0 Å². The maximum absolute atomic E-state index is 5.93. The molecule has 2 atom stereocenters. The summed E-state index contributed by atoms with van der Waals surface area (Å²) in [6, 6.07) is 9.45. The molecule has 2 unspecified atom stereocenters. The average molecular weight is 232 g/mol. The van der Waals surface area contributed by atoms with Gasteiger partial charge in [-0.3, -0.25) is 4.90 Å². The van der Waals surface area contributed by atoms with Crippen molar-refractivity contribution in [3.05, 3.63) is 35.4 Å². The van der Waals surface area contributed by atoms with Gasteiger partial charge in [0, 0.05) is 6.04 Å². The molecule has 0 aromatic heterocycles. The van der Waals surface area contributed by atoms with Gasteiger partial charge >= 0.3 is 0 Å². The van der Waals surface area contributed by atoms with Crippen LogP contribution in [-0.2, 0) is 0 Å². The zero-order valence-corrected chi connectivity index (χ0v) is 11.0. The second-order valence-electron chi connectivity index (χ2n) is 5.18. The van der Waals surface area contributed by atoms with Crippen molar-refractivity contribution in [3.63, 3.8) is 0 Å². The van der Waals surface area contributed by atoms with Crippen LogP contribution in [0.1, 0.15) is 36.9 Å². The first-order valence-electron chi connectivity index (χ1n) is 6.77.